The Hall–Kier alpha value is -4.35. The zero-order valence-corrected chi connectivity index (χ0v) is 19.7. The van der Waals surface area contributed by atoms with Gasteiger partial charge in [-0.05, 0) is 55.2 Å². The van der Waals surface area contributed by atoms with Crippen molar-refractivity contribution >= 4 is 17.0 Å². The maximum Gasteiger partial charge on any atom is 0.416 e. The first-order valence-electron chi connectivity index (χ1n) is 11.4. The summed E-state index contributed by atoms with van der Waals surface area (Å²) in [7, 11) is 1.62. The van der Waals surface area contributed by atoms with E-state index in [1.54, 1.807) is 23.7 Å². The number of alkyl halides is 3. The van der Waals surface area contributed by atoms with Gasteiger partial charge in [0.25, 0.3) is 5.56 Å². The molecule has 1 aliphatic carbocycles. The smallest absolute Gasteiger partial charge is 0.416 e. The number of fused-ring (bicyclic) bond motifs is 1. The molecule has 0 atom stereocenters. The Bertz CT molecular complexity index is 1770. The molecule has 2 heterocycles. The first kappa shape index (κ1) is 24.3. The summed E-state index contributed by atoms with van der Waals surface area (Å²) >= 11 is 0. The fourth-order valence-electron chi connectivity index (χ4n) is 4.60. The van der Waals surface area contributed by atoms with E-state index in [9.17, 15) is 37.5 Å². The van der Waals surface area contributed by atoms with Gasteiger partial charge in [-0.1, -0.05) is 12.1 Å². The zero-order chi connectivity index (χ0) is 26.8. The molecule has 1 aliphatic rings. The van der Waals surface area contributed by atoms with E-state index in [2.05, 4.69) is 0 Å². The van der Waals surface area contributed by atoms with Crippen LogP contribution >= 0.6 is 0 Å². The summed E-state index contributed by atoms with van der Waals surface area (Å²) in [6.45, 7) is 0.665. The third-order valence-corrected chi connectivity index (χ3v) is 6.74. The second-order valence-corrected chi connectivity index (χ2v) is 9.10. The van der Waals surface area contributed by atoms with Crippen molar-refractivity contribution in [3.05, 3.63) is 96.2 Å². The van der Waals surface area contributed by atoms with Crippen LogP contribution in [0, 0.1) is 6.92 Å². The summed E-state index contributed by atoms with van der Waals surface area (Å²) in [4.78, 5) is 50.9. The highest BCUT2D eigenvalue weighted by atomic mass is 19.4. The van der Waals surface area contributed by atoms with E-state index >= 15 is 0 Å². The van der Waals surface area contributed by atoms with Crippen LogP contribution in [0.2, 0.25) is 0 Å². The van der Waals surface area contributed by atoms with Crippen LogP contribution in [-0.4, -0.2) is 29.3 Å². The van der Waals surface area contributed by atoms with Crippen molar-refractivity contribution in [2.45, 2.75) is 38.5 Å². The minimum Gasteiger partial charge on any atom is -0.477 e. The minimum absolute atomic E-state index is 0.0237. The van der Waals surface area contributed by atoms with Crippen molar-refractivity contribution in [2.24, 2.45) is 7.05 Å². The van der Waals surface area contributed by atoms with Gasteiger partial charge in [-0.15, -0.1) is 0 Å². The number of carbonyl (C=O) groups is 1. The molecule has 9 nitrogen and oxygen atoms in total. The maximum absolute atomic E-state index is 13.4. The van der Waals surface area contributed by atoms with Crippen molar-refractivity contribution < 1.29 is 23.1 Å². The van der Waals surface area contributed by atoms with Crippen molar-refractivity contribution in [1.29, 1.82) is 0 Å². The summed E-state index contributed by atoms with van der Waals surface area (Å²) in [5.74, 6) is -1.59. The number of nitrogens with zero attached hydrogens (tertiary/aromatic N) is 4. The van der Waals surface area contributed by atoms with Gasteiger partial charge in [0.2, 0.25) is 0 Å². The number of carboxylic acid groups (broad SMARTS) is 1. The highest BCUT2D eigenvalue weighted by molar-refractivity contribution is 5.87. The summed E-state index contributed by atoms with van der Waals surface area (Å²) in [5.41, 5.74) is -2.70. The standard InChI is InChI=1S/C25H21F3N4O5/c1-13-14(4-3-5-18(13)25(26,27)28)11-31-21(33)17(22(34)35)12-30(24(31)37)16-8-9-19-20(10-16)32(15-6-7-15)23(36)29(19)2/h3-5,8-10,12,15H,6-7,11H2,1-2H3,(H,34,35). The molecule has 0 radical (unpaired) electrons. The number of carboxylic acids is 1. The van der Waals surface area contributed by atoms with Crippen molar-refractivity contribution in [3.8, 4) is 5.69 Å². The number of aromatic nitrogens is 4. The van der Waals surface area contributed by atoms with Crippen LogP contribution in [0.1, 0.15) is 45.9 Å². The van der Waals surface area contributed by atoms with E-state index in [-0.39, 0.29) is 28.5 Å². The first-order chi connectivity index (χ1) is 17.4. The van der Waals surface area contributed by atoms with E-state index in [0.29, 0.717) is 15.6 Å². The monoisotopic (exact) mass is 514 g/mol. The van der Waals surface area contributed by atoms with E-state index in [1.807, 2.05) is 0 Å². The van der Waals surface area contributed by atoms with E-state index in [4.69, 9.17) is 0 Å². The molecule has 2 aromatic heterocycles. The molecule has 12 heteroatoms. The molecule has 5 rings (SSSR count). The van der Waals surface area contributed by atoms with Crippen molar-refractivity contribution in [2.75, 3.05) is 0 Å². The molecule has 0 saturated heterocycles. The molecule has 1 saturated carbocycles. The highest BCUT2D eigenvalue weighted by Crippen LogP contribution is 2.36. The fourth-order valence-corrected chi connectivity index (χ4v) is 4.60. The van der Waals surface area contributed by atoms with Gasteiger partial charge in [-0.3, -0.25) is 23.1 Å². The quantitative estimate of drug-likeness (QED) is 0.441. The molecule has 37 heavy (non-hydrogen) atoms. The van der Waals surface area contributed by atoms with Crippen molar-refractivity contribution in [3.63, 3.8) is 0 Å². The SMILES string of the molecule is Cc1c(Cn2c(=O)c(C(=O)O)cn(-c3ccc4c(c3)n(C3CC3)c(=O)n4C)c2=O)cccc1C(F)(F)F. The summed E-state index contributed by atoms with van der Waals surface area (Å²) in [6.07, 6.45) is -2.09. The van der Waals surface area contributed by atoms with Crippen LogP contribution in [-0.2, 0) is 19.8 Å². The van der Waals surface area contributed by atoms with Crippen LogP contribution in [0.4, 0.5) is 13.2 Å². The third-order valence-electron chi connectivity index (χ3n) is 6.74. The normalized spacial score (nSPS) is 13.9. The summed E-state index contributed by atoms with van der Waals surface area (Å²) in [5, 5.41) is 9.63. The molecular weight excluding hydrogens is 493 g/mol. The third kappa shape index (κ3) is 3.98. The average Bonchev–Trinajstić information content (AvgIpc) is 3.63. The summed E-state index contributed by atoms with van der Waals surface area (Å²) in [6, 6.07) is 8.11. The van der Waals surface area contributed by atoms with Crippen molar-refractivity contribution in [1.82, 2.24) is 18.3 Å². The molecule has 192 valence electrons. The Morgan fingerprint density at radius 2 is 1.76 bits per heavy atom. The van der Waals surface area contributed by atoms with Gasteiger partial charge in [0, 0.05) is 19.3 Å². The lowest BCUT2D eigenvalue weighted by atomic mass is 10.0. The van der Waals surface area contributed by atoms with E-state index in [0.717, 1.165) is 35.7 Å². The Kier molecular flexibility index (Phi) is 5.50. The molecule has 0 unspecified atom stereocenters. The van der Waals surface area contributed by atoms with Gasteiger partial charge in [0.1, 0.15) is 5.56 Å². The predicted molar refractivity (Wildman–Crippen MR) is 128 cm³/mol. The molecule has 0 bridgehead atoms. The van der Waals surface area contributed by atoms with Crippen LogP contribution in [0.25, 0.3) is 16.7 Å². The average molecular weight is 514 g/mol. The summed E-state index contributed by atoms with van der Waals surface area (Å²) < 4.78 is 44.8. The topological polar surface area (TPSA) is 108 Å². The highest BCUT2D eigenvalue weighted by Gasteiger charge is 2.33. The Morgan fingerprint density at radius 1 is 1.05 bits per heavy atom. The number of aryl methyl sites for hydroxylation is 1. The fraction of sp³-hybridized carbons (Fsp3) is 0.280. The Morgan fingerprint density at radius 3 is 2.38 bits per heavy atom. The number of imidazole rings is 1. The first-order valence-corrected chi connectivity index (χ1v) is 11.4. The number of aromatic carboxylic acids is 1. The molecule has 0 aliphatic heterocycles. The van der Waals surface area contributed by atoms with Crippen LogP contribution in [0.15, 0.2) is 57.0 Å². The van der Waals surface area contributed by atoms with Gasteiger partial charge in [-0.2, -0.15) is 13.2 Å². The Labute approximate surface area is 206 Å². The van der Waals surface area contributed by atoms with E-state index < -0.39 is 41.1 Å². The minimum atomic E-state index is -4.64. The Balaban J connectivity index is 1.72. The lowest BCUT2D eigenvalue weighted by molar-refractivity contribution is -0.138. The molecule has 0 amide bonds. The molecule has 1 fully saturated rings. The van der Waals surface area contributed by atoms with E-state index in [1.165, 1.54) is 23.6 Å². The maximum atomic E-state index is 13.4. The number of hydrogen-bond acceptors (Lipinski definition) is 4. The number of rotatable bonds is 5. The van der Waals surface area contributed by atoms with Gasteiger partial charge >= 0.3 is 23.5 Å². The largest absolute Gasteiger partial charge is 0.477 e. The molecular formula is C25H21F3N4O5. The lowest BCUT2D eigenvalue weighted by Gasteiger charge is -2.16. The molecule has 1 N–H and O–H groups in total. The van der Waals surface area contributed by atoms with Crippen LogP contribution in [0.5, 0.6) is 0 Å². The second-order valence-electron chi connectivity index (χ2n) is 9.10. The lowest BCUT2D eigenvalue weighted by Crippen LogP contribution is -2.42. The van der Waals surface area contributed by atoms with Crippen LogP contribution in [0.3, 0.4) is 0 Å². The van der Waals surface area contributed by atoms with Gasteiger partial charge in [0.05, 0.1) is 28.8 Å². The molecule has 0 spiro atoms. The number of benzene rings is 2. The predicted octanol–water partition coefficient (Wildman–Crippen LogP) is 3.06. The molecule has 4 aromatic rings. The van der Waals surface area contributed by atoms with Crippen LogP contribution < -0.4 is 16.9 Å². The van der Waals surface area contributed by atoms with Gasteiger partial charge in [-0.25, -0.2) is 14.4 Å². The number of halogens is 3. The second kappa shape index (κ2) is 8.36. The van der Waals surface area contributed by atoms with Gasteiger partial charge < -0.3 is 5.11 Å². The molecule has 2 aromatic carbocycles. The van der Waals surface area contributed by atoms with Gasteiger partial charge in [0.15, 0.2) is 0 Å². The number of hydrogen-bond donors (Lipinski definition) is 1. The zero-order valence-electron chi connectivity index (χ0n) is 19.7.